The van der Waals surface area contributed by atoms with Crippen LogP contribution in [0.15, 0.2) is 48.7 Å². The van der Waals surface area contributed by atoms with Crippen molar-refractivity contribution in [1.82, 2.24) is 24.1 Å². The number of aromatic nitrogens is 5. The first kappa shape index (κ1) is 15.3. The molecule has 0 unspecified atom stereocenters. The van der Waals surface area contributed by atoms with Crippen LogP contribution >= 0.6 is 0 Å². The smallest absolute Gasteiger partial charge is 0.175 e. The molecule has 0 spiro atoms. The Morgan fingerprint density at radius 2 is 1.76 bits per heavy atom. The van der Waals surface area contributed by atoms with Gasteiger partial charge in [-0.25, -0.2) is 14.5 Å². The molecule has 1 aromatic carbocycles. The van der Waals surface area contributed by atoms with E-state index in [0.29, 0.717) is 5.82 Å². The molecule has 4 rings (SSSR count). The molecule has 0 saturated heterocycles. The maximum Gasteiger partial charge on any atom is 0.175 e. The summed E-state index contributed by atoms with van der Waals surface area (Å²) in [4.78, 5) is 9.27. The van der Waals surface area contributed by atoms with Gasteiger partial charge in [0.15, 0.2) is 11.5 Å². The first-order chi connectivity index (χ1) is 12.1. The molecule has 5 heteroatoms. The fraction of sp³-hybridized carbons (Fsp3) is 0.150. The third kappa shape index (κ3) is 2.96. The fourth-order valence-electron chi connectivity index (χ4n) is 2.93. The molecule has 0 aliphatic rings. The molecular formula is C20H19N5. The summed E-state index contributed by atoms with van der Waals surface area (Å²) >= 11 is 0. The summed E-state index contributed by atoms with van der Waals surface area (Å²) in [7, 11) is 1.99. The van der Waals surface area contributed by atoms with E-state index >= 15 is 0 Å². The van der Waals surface area contributed by atoms with E-state index < -0.39 is 0 Å². The zero-order valence-corrected chi connectivity index (χ0v) is 14.5. The maximum absolute atomic E-state index is 4.69. The van der Waals surface area contributed by atoms with E-state index in [9.17, 15) is 0 Å². The van der Waals surface area contributed by atoms with Crippen LogP contribution in [0, 0.1) is 13.8 Å². The van der Waals surface area contributed by atoms with E-state index in [0.717, 1.165) is 28.4 Å². The van der Waals surface area contributed by atoms with Crippen molar-refractivity contribution in [1.29, 1.82) is 0 Å². The third-order valence-corrected chi connectivity index (χ3v) is 4.14. The molecule has 4 aromatic rings. The molecule has 5 nitrogen and oxygen atoms in total. The molecule has 0 saturated carbocycles. The van der Waals surface area contributed by atoms with Crippen LogP contribution in [0.1, 0.15) is 22.9 Å². The van der Waals surface area contributed by atoms with Crippen LogP contribution in [0.25, 0.3) is 29.1 Å². The summed E-state index contributed by atoms with van der Waals surface area (Å²) in [5.74, 6) is 1.54. The number of nitrogens with zero attached hydrogens (tertiary/aromatic N) is 5. The lowest BCUT2D eigenvalue weighted by atomic mass is 10.2. The normalized spacial score (nSPS) is 11.6. The molecule has 0 radical (unpaired) electrons. The standard InChI is InChI=1S/C20H19N5/c1-14-11-15(2)25-20(12-14)22-18(23-25)9-10-19-21-17(13-24(19)3)16-7-5-4-6-8-16/h4-13H,1-3H3. The van der Waals surface area contributed by atoms with Crippen molar-refractivity contribution in [3.8, 4) is 11.3 Å². The first-order valence-electron chi connectivity index (χ1n) is 8.21. The van der Waals surface area contributed by atoms with Gasteiger partial charge in [0.1, 0.15) is 5.82 Å². The lowest BCUT2D eigenvalue weighted by Gasteiger charge is -1.98. The van der Waals surface area contributed by atoms with Crippen molar-refractivity contribution in [2.75, 3.05) is 0 Å². The Bertz CT molecular complexity index is 1070. The molecule has 0 amide bonds. The topological polar surface area (TPSA) is 48.0 Å². The lowest BCUT2D eigenvalue weighted by Crippen LogP contribution is -1.93. The summed E-state index contributed by atoms with van der Waals surface area (Å²) in [5, 5.41) is 4.54. The number of fused-ring (bicyclic) bond motifs is 1. The van der Waals surface area contributed by atoms with Gasteiger partial charge < -0.3 is 4.57 Å². The SMILES string of the molecule is Cc1cc(C)n2nc(C=Cc3nc(-c4ccccc4)cn3C)nc2c1. The van der Waals surface area contributed by atoms with Crippen molar-refractivity contribution < 1.29 is 0 Å². The van der Waals surface area contributed by atoms with Crippen LogP contribution in [-0.2, 0) is 7.05 Å². The van der Waals surface area contributed by atoms with Crippen LogP contribution in [0.4, 0.5) is 0 Å². The van der Waals surface area contributed by atoms with Crippen LogP contribution in [-0.4, -0.2) is 24.1 Å². The Kier molecular flexibility index (Phi) is 3.69. The van der Waals surface area contributed by atoms with E-state index in [1.165, 1.54) is 5.56 Å². The second-order valence-electron chi connectivity index (χ2n) is 6.21. The van der Waals surface area contributed by atoms with E-state index in [1.807, 2.05) is 65.7 Å². The number of pyridine rings is 1. The zero-order valence-electron chi connectivity index (χ0n) is 14.5. The summed E-state index contributed by atoms with van der Waals surface area (Å²) < 4.78 is 3.87. The van der Waals surface area contributed by atoms with Gasteiger partial charge in [0, 0.05) is 24.5 Å². The first-order valence-corrected chi connectivity index (χ1v) is 8.21. The van der Waals surface area contributed by atoms with Crippen LogP contribution in [0.5, 0.6) is 0 Å². The molecule has 3 heterocycles. The van der Waals surface area contributed by atoms with Crippen molar-refractivity contribution >= 4 is 17.8 Å². The van der Waals surface area contributed by atoms with Gasteiger partial charge in [0.2, 0.25) is 0 Å². The zero-order chi connectivity index (χ0) is 17.4. The van der Waals surface area contributed by atoms with E-state index in [4.69, 9.17) is 4.98 Å². The Morgan fingerprint density at radius 3 is 2.56 bits per heavy atom. The highest BCUT2D eigenvalue weighted by molar-refractivity contribution is 5.67. The second-order valence-corrected chi connectivity index (χ2v) is 6.21. The predicted molar refractivity (Wildman–Crippen MR) is 100 cm³/mol. The Balaban J connectivity index is 1.66. The molecule has 124 valence electrons. The minimum absolute atomic E-state index is 0.679. The van der Waals surface area contributed by atoms with Gasteiger partial charge in [0.05, 0.1) is 5.69 Å². The Labute approximate surface area is 146 Å². The molecule has 0 atom stereocenters. The van der Waals surface area contributed by atoms with Gasteiger partial charge in [-0.1, -0.05) is 30.3 Å². The predicted octanol–water partition coefficient (Wildman–Crippen LogP) is 3.92. The Morgan fingerprint density at radius 1 is 0.960 bits per heavy atom. The molecule has 0 aliphatic heterocycles. The number of imidazole rings is 1. The van der Waals surface area contributed by atoms with Gasteiger partial charge in [-0.15, -0.1) is 5.10 Å². The average Bonchev–Trinajstić information content (AvgIpc) is 3.17. The molecule has 3 aromatic heterocycles. The number of hydrogen-bond acceptors (Lipinski definition) is 3. The minimum Gasteiger partial charge on any atom is -0.334 e. The summed E-state index contributed by atoms with van der Waals surface area (Å²) in [6, 6.07) is 14.3. The number of rotatable bonds is 3. The van der Waals surface area contributed by atoms with Crippen LogP contribution in [0.2, 0.25) is 0 Å². The van der Waals surface area contributed by atoms with Gasteiger partial charge in [-0.2, -0.15) is 0 Å². The van der Waals surface area contributed by atoms with Crippen molar-refractivity contribution in [3.63, 3.8) is 0 Å². The van der Waals surface area contributed by atoms with Gasteiger partial charge >= 0.3 is 0 Å². The van der Waals surface area contributed by atoms with Crippen molar-refractivity contribution in [2.45, 2.75) is 13.8 Å². The quantitative estimate of drug-likeness (QED) is 0.572. The van der Waals surface area contributed by atoms with Gasteiger partial charge in [-0.05, 0) is 43.7 Å². The van der Waals surface area contributed by atoms with E-state index in [-0.39, 0.29) is 0 Å². The second kappa shape index (κ2) is 6.02. The summed E-state index contributed by atoms with van der Waals surface area (Å²) in [5.41, 5.74) is 5.18. The van der Waals surface area contributed by atoms with Crippen LogP contribution < -0.4 is 0 Å². The summed E-state index contributed by atoms with van der Waals surface area (Å²) in [6.07, 6.45) is 5.88. The number of hydrogen-bond donors (Lipinski definition) is 0. The highest BCUT2D eigenvalue weighted by Crippen LogP contribution is 2.18. The summed E-state index contributed by atoms with van der Waals surface area (Å²) in [6.45, 7) is 4.10. The third-order valence-electron chi connectivity index (χ3n) is 4.14. The molecule has 0 aliphatic carbocycles. The van der Waals surface area contributed by atoms with Gasteiger partial charge in [-0.3, -0.25) is 0 Å². The number of aryl methyl sites for hydroxylation is 3. The van der Waals surface area contributed by atoms with Crippen molar-refractivity contribution in [2.24, 2.45) is 7.05 Å². The molecule has 0 bridgehead atoms. The van der Waals surface area contributed by atoms with Crippen LogP contribution in [0.3, 0.4) is 0 Å². The molecule has 0 fully saturated rings. The van der Waals surface area contributed by atoms with Crippen molar-refractivity contribution in [3.05, 3.63) is 71.6 Å². The lowest BCUT2D eigenvalue weighted by molar-refractivity contribution is 0.896. The van der Waals surface area contributed by atoms with E-state index in [2.05, 4.69) is 35.2 Å². The Hall–Kier alpha value is -3.21. The number of benzene rings is 1. The average molecular weight is 329 g/mol. The molecule has 0 N–H and O–H groups in total. The largest absolute Gasteiger partial charge is 0.334 e. The minimum atomic E-state index is 0.679. The molecular weight excluding hydrogens is 310 g/mol. The maximum atomic E-state index is 4.69. The highest BCUT2D eigenvalue weighted by atomic mass is 15.3. The van der Waals surface area contributed by atoms with Gasteiger partial charge in [0.25, 0.3) is 0 Å². The fourth-order valence-corrected chi connectivity index (χ4v) is 2.93. The molecule has 25 heavy (non-hydrogen) atoms. The van der Waals surface area contributed by atoms with E-state index in [1.54, 1.807) is 0 Å². The monoisotopic (exact) mass is 329 g/mol. The highest BCUT2D eigenvalue weighted by Gasteiger charge is 2.07.